The summed E-state index contributed by atoms with van der Waals surface area (Å²) in [7, 11) is 0. The van der Waals surface area contributed by atoms with Crippen molar-refractivity contribution in [2.45, 2.75) is 5.75 Å². The quantitative estimate of drug-likeness (QED) is 0.324. The maximum atomic E-state index is 12.6. The van der Waals surface area contributed by atoms with Gasteiger partial charge in [0.1, 0.15) is 11.5 Å². The Balaban J connectivity index is 1.93. The molecule has 3 aromatic carbocycles. The van der Waals surface area contributed by atoms with E-state index in [9.17, 15) is 13.6 Å². The van der Waals surface area contributed by atoms with Gasteiger partial charge < -0.3 is 15.0 Å². The number of carbonyl (C=O) groups is 1. The van der Waals surface area contributed by atoms with Gasteiger partial charge in [0, 0.05) is 18.5 Å². The molecule has 0 aliphatic rings. The highest BCUT2D eigenvalue weighted by Crippen LogP contribution is 2.36. The van der Waals surface area contributed by atoms with Gasteiger partial charge in [0.05, 0.1) is 27.9 Å². The fourth-order valence-electron chi connectivity index (χ4n) is 3.69. The molecule has 1 amide bonds. The molecule has 10 heteroatoms. The number of aromatic nitrogens is 2. The van der Waals surface area contributed by atoms with Gasteiger partial charge in [0.15, 0.2) is 0 Å². The number of imidazole rings is 1. The molecule has 0 saturated heterocycles. The predicted molar refractivity (Wildman–Crippen MR) is 136 cm³/mol. The van der Waals surface area contributed by atoms with Gasteiger partial charge in [-0.3, -0.25) is 13.6 Å². The van der Waals surface area contributed by atoms with Crippen LogP contribution in [-0.2, 0) is 16.8 Å². The fraction of sp³-hybridized carbons (Fsp3) is 0.120. The van der Waals surface area contributed by atoms with Crippen molar-refractivity contribution in [2.24, 2.45) is 0 Å². The first kappa shape index (κ1) is 25.1. The fourth-order valence-corrected chi connectivity index (χ4v) is 4.75. The molecule has 1 heterocycles. The monoisotopic (exact) mass is 528 g/mol. The number of hydrogen-bond donors (Lipinski definition) is 2. The second kappa shape index (κ2) is 11.2. The molecule has 1 atom stereocenters. The molecule has 1 unspecified atom stereocenters. The molecule has 4 rings (SSSR count). The van der Waals surface area contributed by atoms with E-state index < -0.39 is 17.0 Å². The van der Waals surface area contributed by atoms with Crippen molar-refractivity contribution < 1.29 is 18.7 Å². The molecule has 4 aromatic rings. The Bertz CT molecular complexity index is 1370. The largest absolute Gasteiger partial charge is 0.772 e. The van der Waals surface area contributed by atoms with Crippen LogP contribution < -0.4 is 5.32 Å². The maximum Gasteiger partial charge on any atom is 0.271 e. The summed E-state index contributed by atoms with van der Waals surface area (Å²) in [5.74, 6) is -0.479. The van der Waals surface area contributed by atoms with Crippen molar-refractivity contribution in [1.82, 2.24) is 14.9 Å². The first-order chi connectivity index (χ1) is 16.9. The third kappa shape index (κ3) is 5.63. The summed E-state index contributed by atoms with van der Waals surface area (Å²) in [4.78, 5) is 17.1. The third-order valence-electron chi connectivity index (χ3n) is 5.24. The van der Waals surface area contributed by atoms with Crippen LogP contribution in [0.15, 0.2) is 72.9 Å². The van der Waals surface area contributed by atoms with Crippen LogP contribution in [0.2, 0.25) is 10.0 Å². The van der Waals surface area contributed by atoms with Crippen molar-refractivity contribution in [2.75, 3.05) is 13.2 Å². The van der Waals surface area contributed by atoms with Crippen LogP contribution in [0.4, 0.5) is 0 Å². The Kier molecular flexibility index (Phi) is 8.00. The van der Waals surface area contributed by atoms with Crippen molar-refractivity contribution in [3.8, 4) is 28.2 Å². The zero-order valence-electron chi connectivity index (χ0n) is 18.3. The third-order valence-corrected chi connectivity index (χ3v) is 6.42. The zero-order chi connectivity index (χ0) is 24.9. The number of amides is 1. The number of benzene rings is 3. The number of nitrogens with zero attached hydrogens (tertiary/aromatic N) is 2. The Morgan fingerprint density at radius 3 is 2.40 bits per heavy atom. The van der Waals surface area contributed by atoms with E-state index in [4.69, 9.17) is 28.3 Å². The van der Waals surface area contributed by atoms with Crippen LogP contribution in [0.25, 0.3) is 28.2 Å². The summed E-state index contributed by atoms with van der Waals surface area (Å²) in [5, 5.41) is 12.3. The number of hydrogen-bond acceptors (Lipinski definition) is 5. The molecule has 0 spiro atoms. The number of rotatable bonds is 8. The minimum atomic E-state index is -2.37. The lowest BCUT2D eigenvalue weighted by atomic mass is 10.0. The van der Waals surface area contributed by atoms with E-state index in [0.29, 0.717) is 26.9 Å². The number of halogens is 2. The predicted octanol–water partition coefficient (Wildman–Crippen LogP) is 4.61. The van der Waals surface area contributed by atoms with Crippen LogP contribution >= 0.6 is 23.2 Å². The van der Waals surface area contributed by atoms with E-state index in [0.717, 1.165) is 11.1 Å². The smallest absolute Gasteiger partial charge is 0.271 e. The second-order valence-electron chi connectivity index (χ2n) is 7.55. The summed E-state index contributed by atoms with van der Waals surface area (Å²) >= 11 is 10.5. The van der Waals surface area contributed by atoms with Crippen LogP contribution in [0, 0.1) is 0 Å². The van der Waals surface area contributed by atoms with E-state index in [2.05, 4.69) is 10.3 Å². The van der Waals surface area contributed by atoms with Crippen LogP contribution in [-0.4, -0.2) is 42.5 Å². The van der Waals surface area contributed by atoms with E-state index in [1.807, 2.05) is 36.4 Å². The van der Waals surface area contributed by atoms with E-state index in [1.165, 1.54) is 6.20 Å². The average Bonchev–Trinajstić information content (AvgIpc) is 3.27. The molecule has 7 nitrogen and oxygen atoms in total. The molecule has 0 bridgehead atoms. The lowest BCUT2D eigenvalue weighted by Crippen LogP contribution is -2.26. The van der Waals surface area contributed by atoms with Gasteiger partial charge >= 0.3 is 0 Å². The van der Waals surface area contributed by atoms with Crippen molar-refractivity contribution in [3.05, 3.63) is 94.2 Å². The van der Waals surface area contributed by atoms with Crippen LogP contribution in [0.1, 0.15) is 16.1 Å². The van der Waals surface area contributed by atoms with Gasteiger partial charge in [-0.2, -0.15) is 0 Å². The Morgan fingerprint density at radius 2 is 1.74 bits per heavy atom. The molecule has 2 N–H and O–H groups in total. The number of aliphatic hydroxyl groups excluding tert-OH is 1. The van der Waals surface area contributed by atoms with E-state index >= 15 is 0 Å². The first-order valence-corrected chi connectivity index (χ1v) is 12.6. The topological polar surface area (TPSA) is 107 Å². The summed E-state index contributed by atoms with van der Waals surface area (Å²) in [6.45, 7) is -0.171. The molecule has 0 aliphatic heterocycles. The molecular formula is C25H20Cl2N3O4S-. The van der Waals surface area contributed by atoms with E-state index in [1.54, 1.807) is 34.9 Å². The van der Waals surface area contributed by atoms with Gasteiger partial charge in [0.25, 0.3) is 5.91 Å². The lowest BCUT2D eigenvalue weighted by molar-refractivity contribution is 0.0940. The molecule has 35 heavy (non-hydrogen) atoms. The highest BCUT2D eigenvalue weighted by Gasteiger charge is 2.22. The van der Waals surface area contributed by atoms with Crippen molar-refractivity contribution in [3.63, 3.8) is 0 Å². The highest BCUT2D eigenvalue weighted by atomic mass is 35.5. The summed E-state index contributed by atoms with van der Waals surface area (Å²) < 4.78 is 25.1. The SMILES string of the molecule is O=C(NCCO)c1cn(-c2ccc(-c3ccccc3)cc2CS(=O)[O-])c(-c2c(Cl)cccc2Cl)n1. The minimum Gasteiger partial charge on any atom is -0.772 e. The Labute approximate surface area is 214 Å². The van der Waals surface area contributed by atoms with Gasteiger partial charge in [-0.15, -0.1) is 0 Å². The summed E-state index contributed by atoms with van der Waals surface area (Å²) in [6, 6.07) is 20.0. The lowest BCUT2D eigenvalue weighted by Gasteiger charge is -2.17. The Morgan fingerprint density at radius 1 is 1.03 bits per heavy atom. The molecular weight excluding hydrogens is 509 g/mol. The first-order valence-electron chi connectivity index (χ1n) is 10.6. The second-order valence-corrected chi connectivity index (χ2v) is 9.26. The van der Waals surface area contributed by atoms with Gasteiger partial charge in [-0.1, -0.05) is 76.7 Å². The Hall–Kier alpha value is -3.01. The minimum absolute atomic E-state index is 0.0556. The van der Waals surface area contributed by atoms with E-state index in [-0.39, 0.29) is 30.4 Å². The van der Waals surface area contributed by atoms with Crippen molar-refractivity contribution in [1.29, 1.82) is 0 Å². The van der Waals surface area contributed by atoms with Crippen LogP contribution in [0.5, 0.6) is 0 Å². The highest BCUT2D eigenvalue weighted by molar-refractivity contribution is 7.78. The van der Waals surface area contributed by atoms with Crippen LogP contribution in [0.3, 0.4) is 0 Å². The number of carbonyl (C=O) groups excluding carboxylic acids is 1. The molecule has 0 fully saturated rings. The van der Waals surface area contributed by atoms with Crippen molar-refractivity contribution >= 4 is 40.2 Å². The molecule has 0 radical (unpaired) electrons. The van der Waals surface area contributed by atoms with Gasteiger partial charge in [0.2, 0.25) is 0 Å². The molecule has 1 aromatic heterocycles. The zero-order valence-corrected chi connectivity index (χ0v) is 20.6. The standard InChI is InChI=1S/C25H21Cl2N3O4S/c26-19-7-4-8-20(27)23(19)24-29-21(25(32)28-11-12-31)14-30(24)22-10-9-17(13-18(22)15-35(33)34)16-5-2-1-3-6-16/h1-10,13-14,31H,11-12,15H2,(H,28,32)(H,33,34)/p-1. The molecule has 0 aliphatic carbocycles. The van der Waals surface area contributed by atoms with Gasteiger partial charge in [-0.25, -0.2) is 4.98 Å². The van der Waals surface area contributed by atoms with Gasteiger partial charge in [-0.05, 0) is 41.0 Å². The number of aliphatic hydroxyl groups is 1. The average molecular weight is 529 g/mol. The maximum absolute atomic E-state index is 12.6. The summed E-state index contributed by atoms with van der Waals surface area (Å²) in [5.41, 5.74) is 3.25. The normalized spacial score (nSPS) is 11.9. The molecule has 0 saturated carbocycles. The molecule has 180 valence electrons. The number of nitrogens with one attached hydrogen (secondary N) is 1. The summed E-state index contributed by atoms with van der Waals surface area (Å²) in [6.07, 6.45) is 1.50.